The second kappa shape index (κ2) is 8.95. The van der Waals surface area contributed by atoms with Crippen molar-refractivity contribution in [3.8, 4) is 11.3 Å². The largest absolute Gasteiger partial charge is 0.376 e. The Balaban J connectivity index is 1.61. The van der Waals surface area contributed by atoms with E-state index in [9.17, 15) is 4.79 Å². The molecule has 1 amide bonds. The van der Waals surface area contributed by atoms with Gasteiger partial charge in [-0.3, -0.25) is 9.69 Å². The van der Waals surface area contributed by atoms with Gasteiger partial charge in [-0.25, -0.2) is 4.98 Å². The monoisotopic (exact) mass is 436 g/mol. The maximum Gasteiger partial charge on any atom is 0.232 e. The van der Waals surface area contributed by atoms with Gasteiger partial charge in [-0.15, -0.1) is 11.3 Å². The molecule has 1 fully saturated rings. The normalized spacial score (nSPS) is 21.8. The molecule has 0 saturated carbocycles. The number of anilines is 1. The van der Waals surface area contributed by atoms with E-state index >= 15 is 0 Å². The van der Waals surface area contributed by atoms with Gasteiger partial charge in [0.15, 0.2) is 5.13 Å². The quantitative estimate of drug-likeness (QED) is 0.540. The summed E-state index contributed by atoms with van der Waals surface area (Å²) in [4.78, 5) is 19.9. The van der Waals surface area contributed by atoms with Crippen LogP contribution in [0.5, 0.6) is 0 Å². The SMILES string of the molecule is O=C(C1CC=CCC1)N(CC1CCCO1)c1nc(-c2ccc(Cl)cc2Cl)cs1. The molecule has 148 valence electrons. The zero-order chi connectivity index (χ0) is 19.5. The van der Waals surface area contributed by atoms with Crippen LogP contribution in [0.15, 0.2) is 35.7 Å². The molecule has 1 aliphatic carbocycles. The van der Waals surface area contributed by atoms with Crippen LogP contribution >= 0.6 is 34.5 Å². The van der Waals surface area contributed by atoms with E-state index in [4.69, 9.17) is 32.9 Å². The van der Waals surface area contributed by atoms with Gasteiger partial charge in [0, 0.05) is 28.5 Å². The lowest BCUT2D eigenvalue weighted by atomic mass is 9.93. The van der Waals surface area contributed by atoms with E-state index in [-0.39, 0.29) is 17.9 Å². The summed E-state index contributed by atoms with van der Waals surface area (Å²) in [5, 5.41) is 3.79. The molecular weight excluding hydrogens is 415 g/mol. The summed E-state index contributed by atoms with van der Waals surface area (Å²) in [6.07, 6.45) is 9.00. The number of carbonyl (C=O) groups is 1. The molecule has 4 rings (SSSR count). The maximum absolute atomic E-state index is 13.3. The molecule has 2 heterocycles. The molecule has 0 spiro atoms. The second-order valence-electron chi connectivity index (χ2n) is 7.20. The Morgan fingerprint density at radius 2 is 2.18 bits per heavy atom. The minimum absolute atomic E-state index is 0.0119. The smallest absolute Gasteiger partial charge is 0.232 e. The standard InChI is InChI=1S/C21H22Cl2N2O2S/c22-15-8-9-17(18(23)11-15)19-13-28-21(24-19)25(12-16-7-4-10-27-16)20(26)14-5-2-1-3-6-14/h1-2,8-9,11,13-14,16H,3-7,10,12H2. The minimum Gasteiger partial charge on any atom is -0.376 e. The van der Waals surface area contributed by atoms with Gasteiger partial charge in [0.05, 0.1) is 23.4 Å². The first-order valence-corrected chi connectivity index (χ1v) is 11.2. The zero-order valence-corrected chi connectivity index (χ0v) is 17.8. The molecule has 0 bridgehead atoms. The summed E-state index contributed by atoms with van der Waals surface area (Å²) >= 11 is 13.8. The molecule has 4 nitrogen and oxygen atoms in total. The predicted molar refractivity (Wildman–Crippen MR) is 115 cm³/mol. The number of ether oxygens (including phenoxy) is 1. The van der Waals surface area contributed by atoms with Gasteiger partial charge in [0.25, 0.3) is 0 Å². The molecular formula is C21H22Cl2N2O2S. The van der Waals surface area contributed by atoms with Crippen LogP contribution in [0.4, 0.5) is 5.13 Å². The number of halogens is 2. The molecule has 2 aromatic rings. The number of thiazole rings is 1. The highest BCUT2D eigenvalue weighted by molar-refractivity contribution is 7.14. The molecule has 2 atom stereocenters. The Bertz CT molecular complexity index is 877. The van der Waals surface area contributed by atoms with E-state index < -0.39 is 0 Å². The maximum atomic E-state index is 13.3. The number of hydrogen-bond donors (Lipinski definition) is 0. The van der Waals surface area contributed by atoms with Crippen molar-refractivity contribution in [1.82, 2.24) is 4.98 Å². The summed E-state index contributed by atoms with van der Waals surface area (Å²) in [5.74, 6) is 0.154. The van der Waals surface area contributed by atoms with Gasteiger partial charge in [-0.1, -0.05) is 35.4 Å². The van der Waals surface area contributed by atoms with Crippen LogP contribution < -0.4 is 4.90 Å². The fourth-order valence-corrected chi connectivity index (χ4v) is 5.05. The van der Waals surface area contributed by atoms with Crippen molar-refractivity contribution in [2.24, 2.45) is 5.92 Å². The molecule has 28 heavy (non-hydrogen) atoms. The van der Waals surface area contributed by atoms with E-state index in [0.29, 0.717) is 21.7 Å². The molecule has 0 radical (unpaired) electrons. The van der Waals surface area contributed by atoms with E-state index in [0.717, 1.165) is 50.0 Å². The van der Waals surface area contributed by atoms with Crippen molar-refractivity contribution in [2.75, 3.05) is 18.1 Å². The van der Waals surface area contributed by atoms with Crippen molar-refractivity contribution < 1.29 is 9.53 Å². The third kappa shape index (κ3) is 4.43. The average Bonchev–Trinajstić information content (AvgIpc) is 3.38. The van der Waals surface area contributed by atoms with Crippen LogP contribution in [0.1, 0.15) is 32.1 Å². The highest BCUT2D eigenvalue weighted by Crippen LogP contribution is 2.35. The first-order valence-electron chi connectivity index (χ1n) is 9.61. The van der Waals surface area contributed by atoms with Crippen LogP contribution in [-0.4, -0.2) is 30.1 Å². The van der Waals surface area contributed by atoms with Crippen molar-refractivity contribution in [3.63, 3.8) is 0 Å². The van der Waals surface area contributed by atoms with Gasteiger partial charge in [0.2, 0.25) is 5.91 Å². The number of amides is 1. The molecule has 2 unspecified atom stereocenters. The number of benzene rings is 1. The lowest BCUT2D eigenvalue weighted by Gasteiger charge is -2.28. The average molecular weight is 437 g/mol. The molecule has 1 aliphatic heterocycles. The molecule has 2 aliphatic rings. The Morgan fingerprint density at radius 1 is 1.29 bits per heavy atom. The molecule has 1 aromatic heterocycles. The van der Waals surface area contributed by atoms with Crippen LogP contribution in [0, 0.1) is 5.92 Å². The van der Waals surface area contributed by atoms with Crippen LogP contribution in [-0.2, 0) is 9.53 Å². The van der Waals surface area contributed by atoms with Gasteiger partial charge >= 0.3 is 0 Å². The van der Waals surface area contributed by atoms with Gasteiger partial charge in [0.1, 0.15) is 0 Å². The van der Waals surface area contributed by atoms with Crippen molar-refractivity contribution in [2.45, 2.75) is 38.2 Å². The first kappa shape index (κ1) is 19.9. The second-order valence-corrected chi connectivity index (χ2v) is 8.88. The third-order valence-electron chi connectivity index (χ3n) is 5.22. The predicted octanol–water partition coefficient (Wildman–Crippen LogP) is 5.99. The summed E-state index contributed by atoms with van der Waals surface area (Å²) in [7, 11) is 0. The first-order chi connectivity index (χ1) is 13.6. The molecule has 1 aromatic carbocycles. The highest BCUT2D eigenvalue weighted by Gasteiger charge is 2.30. The fourth-order valence-electron chi connectivity index (χ4n) is 3.70. The topological polar surface area (TPSA) is 42.4 Å². The fraction of sp³-hybridized carbons (Fsp3) is 0.429. The van der Waals surface area contributed by atoms with E-state index in [2.05, 4.69) is 12.2 Å². The molecule has 1 saturated heterocycles. The van der Waals surface area contributed by atoms with E-state index in [1.54, 1.807) is 12.1 Å². The van der Waals surface area contributed by atoms with Gasteiger partial charge in [-0.05, 0) is 50.3 Å². The molecule has 7 heteroatoms. The lowest BCUT2D eigenvalue weighted by molar-refractivity contribution is -0.123. The minimum atomic E-state index is 0.0119. The van der Waals surface area contributed by atoms with Gasteiger partial charge < -0.3 is 4.74 Å². The van der Waals surface area contributed by atoms with E-state index in [1.807, 2.05) is 16.3 Å². The summed E-state index contributed by atoms with van der Waals surface area (Å²) in [6.45, 7) is 1.32. The Labute approximate surface area is 179 Å². The van der Waals surface area contributed by atoms with Crippen LogP contribution in [0.2, 0.25) is 10.0 Å². The molecule has 0 N–H and O–H groups in total. The Kier molecular flexibility index (Phi) is 6.36. The van der Waals surface area contributed by atoms with Crippen LogP contribution in [0.25, 0.3) is 11.3 Å². The lowest BCUT2D eigenvalue weighted by Crippen LogP contribution is -2.41. The number of rotatable bonds is 5. The van der Waals surface area contributed by atoms with Crippen molar-refractivity contribution >= 4 is 45.6 Å². The number of allylic oxidation sites excluding steroid dienone is 2. The Hall–Kier alpha value is -1.40. The van der Waals surface area contributed by atoms with Crippen LogP contribution in [0.3, 0.4) is 0 Å². The summed E-state index contributed by atoms with van der Waals surface area (Å²) < 4.78 is 5.80. The summed E-state index contributed by atoms with van der Waals surface area (Å²) in [6, 6.07) is 5.37. The van der Waals surface area contributed by atoms with E-state index in [1.165, 1.54) is 11.3 Å². The third-order valence-corrected chi connectivity index (χ3v) is 6.64. The number of hydrogen-bond acceptors (Lipinski definition) is 4. The number of aromatic nitrogens is 1. The van der Waals surface area contributed by atoms with Gasteiger partial charge in [-0.2, -0.15) is 0 Å². The highest BCUT2D eigenvalue weighted by atomic mass is 35.5. The van der Waals surface area contributed by atoms with Crippen molar-refractivity contribution in [1.29, 1.82) is 0 Å². The zero-order valence-electron chi connectivity index (χ0n) is 15.4. The summed E-state index contributed by atoms with van der Waals surface area (Å²) in [5.41, 5.74) is 1.58. The number of carbonyl (C=O) groups excluding carboxylic acids is 1. The van der Waals surface area contributed by atoms with Crippen molar-refractivity contribution in [3.05, 3.63) is 45.8 Å². The number of nitrogens with zero attached hydrogens (tertiary/aromatic N) is 2. The Morgan fingerprint density at radius 3 is 2.89 bits per heavy atom.